The van der Waals surface area contributed by atoms with Gasteiger partial charge in [-0.1, -0.05) is 26.0 Å². The smallest absolute Gasteiger partial charge is 0.323 e. The molecule has 0 aromatic rings. The number of hydrogen-bond donors (Lipinski definition) is 3. The third-order valence-electron chi connectivity index (χ3n) is 2.56. The van der Waals surface area contributed by atoms with Gasteiger partial charge in [-0.3, -0.25) is 10.1 Å². The number of carbonyl (C=O) groups is 1. The summed E-state index contributed by atoms with van der Waals surface area (Å²) in [4.78, 5) is 11.5. The number of aliphatic hydroxyl groups is 1. The summed E-state index contributed by atoms with van der Waals surface area (Å²) in [6.07, 6.45) is 5.64. The molecule has 4 nitrogen and oxygen atoms in total. The second-order valence-electron chi connectivity index (χ2n) is 4.49. The zero-order valence-electron chi connectivity index (χ0n) is 11.4. The van der Waals surface area contributed by atoms with E-state index in [0.29, 0.717) is 6.42 Å². The van der Waals surface area contributed by atoms with Crippen molar-refractivity contribution >= 4 is 18.6 Å². The zero-order valence-corrected chi connectivity index (χ0v) is 12.3. The van der Waals surface area contributed by atoms with Crippen LogP contribution in [0.25, 0.3) is 0 Å². The van der Waals surface area contributed by atoms with Crippen LogP contribution in [0.1, 0.15) is 33.1 Å². The van der Waals surface area contributed by atoms with Crippen molar-refractivity contribution in [2.45, 2.75) is 45.4 Å². The minimum atomic E-state index is -0.697. The van der Waals surface area contributed by atoms with Crippen LogP contribution in [0.2, 0.25) is 0 Å². The van der Waals surface area contributed by atoms with Gasteiger partial charge in [-0.15, -0.1) is 0 Å². The van der Waals surface area contributed by atoms with Gasteiger partial charge in [0.15, 0.2) is 0 Å². The highest BCUT2D eigenvalue weighted by Crippen LogP contribution is 2.06. The second kappa shape index (κ2) is 10.4. The Kier molecular flexibility index (Phi) is 10.1. The summed E-state index contributed by atoms with van der Waals surface area (Å²) >= 11 is 4.10. The lowest BCUT2D eigenvalue weighted by Gasteiger charge is -2.23. The SMILES string of the molecule is COC(=O)[C@@H](NC(O)CC/C=C/CCS)C(C)C. The van der Waals surface area contributed by atoms with E-state index in [1.807, 2.05) is 26.0 Å². The molecule has 0 aliphatic carbocycles. The van der Waals surface area contributed by atoms with E-state index >= 15 is 0 Å². The van der Waals surface area contributed by atoms with Crippen molar-refractivity contribution in [2.75, 3.05) is 12.9 Å². The van der Waals surface area contributed by atoms with E-state index in [-0.39, 0.29) is 11.9 Å². The van der Waals surface area contributed by atoms with E-state index in [9.17, 15) is 9.90 Å². The van der Waals surface area contributed by atoms with Gasteiger partial charge in [-0.25, -0.2) is 0 Å². The van der Waals surface area contributed by atoms with Crippen LogP contribution in [-0.2, 0) is 9.53 Å². The topological polar surface area (TPSA) is 58.6 Å². The Morgan fingerprint density at radius 3 is 2.50 bits per heavy atom. The van der Waals surface area contributed by atoms with Gasteiger partial charge in [0.1, 0.15) is 12.3 Å². The van der Waals surface area contributed by atoms with E-state index < -0.39 is 12.3 Å². The summed E-state index contributed by atoms with van der Waals surface area (Å²) in [5.41, 5.74) is 0. The number of aliphatic hydroxyl groups excluding tert-OH is 1. The first-order valence-electron chi connectivity index (χ1n) is 6.30. The molecule has 0 heterocycles. The largest absolute Gasteiger partial charge is 0.468 e. The van der Waals surface area contributed by atoms with Gasteiger partial charge in [-0.05, 0) is 30.9 Å². The van der Waals surface area contributed by atoms with E-state index in [2.05, 4.69) is 17.9 Å². The molecule has 0 bridgehead atoms. The first-order chi connectivity index (χ1) is 8.52. The quantitative estimate of drug-likeness (QED) is 0.260. The number of hydrogen-bond acceptors (Lipinski definition) is 5. The number of nitrogens with one attached hydrogen (secondary N) is 1. The van der Waals surface area contributed by atoms with Crippen molar-refractivity contribution in [1.29, 1.82) is 0 Å². The fourth-order valence-electron chi connectivity index (χ4n) is 1.51. The highest BCUT2D eigenvalue weighted by Gasteiger charge is 2.24. The molecule has 0 aliphatic rings. The van der Waals surface area contributed by atoms with Crippen LogP contribution in [0, 0.1) is 5.92 Å². The monoisotopic (exact) mass is 275 g/mol. The van der Waals surface area contributed by atoms with Crippen LogP contribution in [0.3, 0.4) is 0 Å². The van der Waals surface area contributed by atoms with Gasteiger partial charge < -0.3 is 9.84 Å². The average Bonchev–Trinajstić information content (AvgIpc) is 2.34. The van der Waals surface area contributed by atoms with Gasteiger partial charge in [0, 0.05) is 0 Å². The molecule has 0 spiro atoms. The van der Waals surface area contributed by atoms with Crippen molar-refractivity contribution < 1.29 is 14.6 Å². The number of methoxy groups -OCH3 is 1. The molecule has 0 aromatic heterocycles. The number of ether oxygens (including phenoxy) is 1. The van der Waals surface area contributed by atoms with Crippen molar-refractivity contribution in [1.82, 2.24) is 5.32 Å². The Hall–Kier alpha value is -0.520. The van der Waals surface area contributed by atoms with Crippen LogP contribution in [0.15, 0.2) is 12.2 Å². The molecule has 0 aliphatic heterocycles. The van der Waals surface area contributed by atoms with E-state index in [4.69, 9.17) is 4.74 Å². The first-order valence-corrected chi connectivity index (χ1v) is 6.94. The van der Waals surface area contributed by atoms with Crippen molar-refractivity contribution in [3.8, 4) is 0 Å². The van der Waals surface area contributed by atoms with Crippen LogP contribution in [0.4, 0.5) is 0 Å². The van der Waals surface area contributed by atoms with E-state index in [0.717, 1.165) is 18.6 Å². The molecular formula is C13H25NO3S. The lowest BCUT2D eigenvalue weighted by atomic mass is 10.0. The average molecular weight is 275 g/mol. The van der Waals surface area contributed by atoms with Gasteiger partial charge >= 0.3 is 5.97 Å². The Bertz CT molecular complexity index is 257. The van der Waals surface area contributed by atoms with Crippen molar-refractivity contribution in [3.63, 3.8) is 0 Å². The molecule has 2 N–H and O–H groups in total. The van der Waals surface area contributed by atoms with Gasteiger partial charge in [-0.2, -0.15) is 12.6 Å². The lowest BCUT2D eigenvalue weighted by Crippen LogP contribution is -2.47. The third kappa shape index (κ3) is 7.74. The summed E-state index contributed by atoms with van der Waals surface area (Å²) in [6.45, 7) is 3.82. The molecule has 18 heavy (non-hydrogen) atoms. The van der Waals surface area contributed by atoms with E-state index in [1.165, 1.54) is 7.11 Å². The van der Waals surface area contributed by atoms with Crippen LogP contribution < -0.4 is 5.32 Å². The first kappa shape index (κ1) is 17.5. The predicted octanol–water partition coefficient (Wildman–Crippen LogP) is 1.75. The molecule has 2 atom stereocenters. The Morgan fingerprint density at radius 2 is 2.00 bits per heavy atom. The standard InChI is InChI=1S/C13H25NO3S/c1-10(2)12(13(16)17-3)14-11(15)8-6-4-5-7-9-18/h4-5,10-12,14-15,18H,6-9H2,1-3H3/b5-4+/t11?,12-/m0/s1. The highest BCUT2D eigenvalue weighted by atomic mass is 32.1. The second-order valence-corrected chi connectivity index (χ2v) is 4.94. The Morgan fingerprint density at radius 1 is 1.39 bits per heavy atom. The van der Waals surface area contributed by atoms with Gasteiger partial charge in [0.05, 0.1) is 7.11 Å². The molecular weight excluding hydrogens is 250 g/mol. The molecule has 106 valence electrons. The maximum Gasteiger partial charge on any atom is 0.323 e. The number of carbonyl (C=O) groups excluding carboxylic acids is 1. The summed E-state index contributed by atoms with van der Waals surface area (Å²) in [5, 5.41) is 12.7. The number of rotatable bonds is 9. The molecule has 0 rings (SSSR count). The van der Waals surface area contributed by atoms with Crippen LogP contribution >= 0.6 is 12.6 Å². The molecule has 5 heteroatoms. The maximum absolute atomic E-state index is 11.5. The van der Waals surface area contributed by atoms with Crippen LogP contribution in [-0.4, -0.2) is 36.2 Å². The minimum absolute atomic E-state index is 0.0758. The third-order valence-corrected chi connectivity index (χ3v) is 2.82. The van der Waals surface area contributed by atoms with Crippen molar-refractivity contribution in [2.24, 2.45) is 5.92 Å². The maximum atomic E-state index is 11.5. The molecule has 0 aromatic carbocycles. The summed E-state index contributed by atoms with van der Waals surface area (Å²) < 4.78 is 4.70. The lowest BCUT2D eigenvalue weighted by molar-refractivity contribution is -0.145. The molecule has 0 radical (unpaired) electrons. The molecule has 0 saturated carbocycles. The predicted molar refractivity (Wildman–Crippen MR) is 76.6 cm³/mol. The summed E-state index contributed by atoms with van der Waals surface area (Å²) in [7, 11) is 1.35. The zero-order chi connectivity index (χ0) is 14.0. The van der Waals surface area contributed by atoms with Crippen molar-refractivity contribution in [3.05, 3.63) is 12.2 Å². The Labute approximate surface area is 115 Å². The van der Waals surface area contributed by atoms with Crippen LogP contribution in [0.5, 0.6) is 0 Å². The minimum Gasteiger partial charge on any atom is -0.468 e. The van der Waals surface area contributed by atoms with Gasteiger partial charge in [0.25, 0.3) is 0 Å². The van der Waals surface area contributed by atoms with E-state index in [1.54, 1.807) is 0 Å². The fraction of sp³-hybridized carbons (Fsp3) is 0.769. The number of esters is 1. The molecule has 0 saturated heterocycles. The number of thiol groups is 1. The normalized spacial score (nSPS) is 15.0. The number of allylic oxidation sites excluding steroid dienone is 2. The highest BCUT2D eigenvalue weighted by molar-refractivity contribution is 7.80. The van der Waals surface area contributed by atoms with Gasteiger partial charge in [0.2, 0.25) is 0 Å². The molecule has 0 amide bonds. The fourth-order valence-corrected chi connectivity index (χ4v) is 1.66. The summed E-state index contributed by atoms with van der Waals surface area (Å²) in [6, 6.07) is -0.466. The molecule has 0 fully saturated rings. The molecule has 1 unspecified atom stereocenters. The summed E-state index contributed by atoms with van der Waals surface area (Å²) in [5.74, 6) is 0.566. The Balaban J connectivity index is 4.02.